The topological polar surface area (TPSA) is 67.6 Å². The molecular weight excluding hydrogens is 266 g/mol. The number of carbonyl (C=O) groups excluding carboxylic acids is 1. The van der Waals surface area contributed by atoms with Crippen molar-refractivity contribution in [2.75, 3.05) is 32.6 Å². The van der Waals surface area contributed by atoms with Crippen LogP contribution in [0, 0.1) is 5.92 Å². The maximum atomic E-state index is 11.9. The Morgan fingerprint density at radius 2 is 2.10 bits per heavy atom. The SMILES string of the molecule is CC(C)C(N)CC(=O)Nc1cccc(OCCN(C)C)c1. The van der Waals surface area contributed by atoms with Crippen molar-refractivity contribution in [3.63, 3.8) is 0 Å². The molecule has 0 aliphatic carbocycles. The Hall–Kier alpha value is -1.59. The van der Waals surface area contributed by atoms with Crippen LogP contribution in [0.1, 0.15) is 20.3 Å². The second-order valence-electron chi connectivity index (χ2n) is 5.84. The van der Waals surface area contributed by atoms with Crippen LogP contribution in [0.15, 0.2) is 24.3 Å². The van der Waals surface area contributed by atoms with Gasteiger partial charge >= 0.3 is 0 Å². The number of hydrogen-bond acceptors (Lipinski definition) is 4. The summed E-state index contributed by atoms with van der Waals surface area (Å²) in [7, 11) is 4.00. The van der Waals surface area contributed by atoms with Gasteiger partial charge in [-0.1, -0.05) is 19.9 Å². The fourth-order valence-corrected chi connectivity index (χ4v) is 1.67. The highest BCUT2D eigenvalue weighted by Crippen LogP contribution is 2.18. The number of carbonyl (C=O) groups is 1. The maximum absolute atomic E-state index is 11.9. The van der Waals surface area contributed by atoms with Gasteiger partial charge in [0, 0.05) is 30.8 Å². The van der Waals surface area contributed by atoms with E-state index in [2.05, 4.69) is 10.2 Å². The highest BCUT2D eigenvalue weighted by atomic mass is 16.5. The van der Waals surface area contributed by atoms with Crippen LogP contribution in [-0.4, -0.2) is 44.1 Å². The first kappa shape index (κ1) is 17.5. The lowest BCUT2D eigenvalue weighted by Crippen LogP contribution is -2.31. The second kappa shape index (κ2) is 8.64. The zero-order chi connectivity index (χ0) is 15.8. The minimum Gasteiger partial charge on any atom is -0.492 e. The number of hydrogen-bond donors (Lipinski definition) is 2. The van der Waals surface area contributed by atoms with Gasteiger partial charge in [0.15, 0.2) is 0 Å². The molecule has 1 rings (SSSR count). The van der Waals surface area contributed by atoms with E-state index in [1.165, 1.54) is 0 Å². The Labute approximate surface area is 127 Å². The van der Waals surface area contributed by atoms with Crippen molar-refractivity contribution >= 4 is 11.6 Å². The van der Waals surface area contributed by atoms with E-state index in [1.807, 2.05) is 52.2 Å². The standard InChI is InChI=1S/C16H27N3O2/c1-12(2)15(17)11-16(20)18-13-6-5-7-14(10-13)21-9-8-19(3)4/h5-7,10,12,15H,8-9,11,17H2,1-4H3,(H,18,20). The van der Waals surface area contributed by atoms with Gasteiger partial charge in [-0.2, -0.15) is 0 Å². The van der Waals surface area contributed by atoms with Crippen LogP contribution in [0.4, 0.5) is 5.69 Å². The molecule has 0 heterocycles. The number of nitrogens with two attached hydrogens (primary N) is 1. The first-order valence-corrected chi connectivity index (χ1v) is 7.31. The lowest BCUT2D eigenvalue weighted by Gasteiger charge is -2.15. The van der Waals surface area contributed by atoms with E-state index < -0.39 is 0 Å². The number of amides is 1. The van der Waals surface area contributed by atoms with Crippen molar-refractivity contribution in [1.29, 1.82) is 0 Å². The molecule has 0 bridgehead atoms. The molecule has 1 unspecified atom stereocenters. The van der Waals surface area contributed by atoms with Gasteiger partial charge in [-0.05, 0) is 32.1 Å². The van der Waals surface area contributed by atoms with E-state index in [4.69, 9.17) is 10.5 Å². The molecule has 0 saturated carbocycles. The van der Waals surface area contributed by atoms with Gasteiger partial charge in [-0.25, -0.2) is 0 Å². The van der Waals surface area contributed by atoms with Crippen molar-refractivity contribution in [3.05, 3.63) is 24.3 Å². The number of ether oxygens (including phenoxy) is 1. The first-order valence-electron chi connectivity index (χ1n) is 7.31. The van der Waals surface area contributed by atoms with Gasteiger partial charge in [0.25, 0.3) is 0 Å². The van der Waals surface area contributed by atoms with Crippen LogP contribution in [0.25, 0.3) is 0 Å². The lowest BCUT2D eigenvalue weighted by molar-refractivity contribution is -0.116. The van der Waals surface area contributed by atoms with Crippen molar-refractivity contribution in [2.24, 2.45) is 11.7 Å². The van der Waals surface area contributed by atoms with Crippen LogP contribution in [0.5, 0.6) is 5.75 Å². The van der Waals surface area contributed by atoms with E-state index in [9.17, 15) is 4.79 Å². The van der Waals surface area contributed by atoms with Gasteiger partial charge in [0.05, 0.1) is 0 Å². The summed E-state index contributed by atoms with van der Waals surface area (Å²) in [6, 6.07) is 7.30. The Kier molecular flexibility index (Phi) is 7.19. The maximum Gasteiger partial charge on any atom is 0.225 e. The molecule has 0 fully saturated rings. The summed E-state index contributed by atoms with van der Waals surface area (Å²) in [5.74, 6) is 0.973. The molecule has 0 spiro atoms. The third-order valence-electron chi connectivity index (χ3n) is 3.20. The van der Waals surface area contributed by atoms with E-state index in [1.54, 1.807) is 0 Å². The summed E-state index contributed by atoms with van der Waals surface area (Å²) >= 11 is 0. The Morgan fingerprint density at radius 1 is 1.38 bits per heavy atom. The van der Waals surface area contributed by atoms with Crippen LogP contribution >= 0.6 is 0 Å². The molecule has 0 saturated heterocycles. The smallest absolute Gasteiger partial charge is 0.225 e. The van der Waals surface area contributed by atoms with Crippen LogP contribution in [0.3, 0.4) is 0 Å². The summed E-state index contributed by atoms with van der Waals surface area (Å²) < 4.78 is 5.64. The summed E-state index contributed by atoms with van der Waals surface area (Å²) in [5, 5.41) is 2.86. The van der Waals surface area contributed by atoms with Crippen molar-refractivity contribution in [3.8, 4) is 5.75 Å². The fraction of sp³-hybridized carbons (Fsp3) is 0.562. The van der Waals surface area contributed by atoms with Crippen LogP contribution in [-0.2, 0) is 4.79 Å². The molecule has 118 valence electrons. The molecule has 1 atom stereocenters. The molecule has 1 amide bonds. The Morgan fingerprint density at radius 3 is 2.71 bits per heavy atom. The average Bonchev–Trinajstić information content (AvgIpc) is 2.38. The Balaban J connectivity index is 2.50. The molecule has 0 aliphatic heterocycles. The number of nitrogens with zero attached hydrogens (tertiary/aromatic N) is 1. The monoisotopic (exact) mass is 293 g/mol. The van der Waals surface area contributed by atoms with Gasteiger partial charge in [0.1, 0.15) is 12.4 Å². The van der Waals surface area contributed by atoms with Gasteiger partial charge in [0.2, 0.25) is 5.91 Å². The molecular formula is C16H27N3O2. The van der Waals surface area contributed by atoms with Crippen molar-refractivity contribution in [2.45, 2.75) is 26.3 Å². The summed E-state index contributed by atoms with van der Waals surface area (Å²) in [5.41, 5.74) is 6.64. The van der Waals surface area contributed by atoms with Gasteiger partial charge in [-0.3, -0.25) is 4.79 Å². The summed E-state index contributed by atoms with van der Waals surface area (Å²) in [4.78, 5) is 14.0. The number of anilines is 1. The van der Waals surface area contributed by atoms with E-state index in [-0.39, 0.29) is 17.9 Å². The highest BCUT2D eigenvalue weighted by Gasteiger charge is 2.13. The van der Waals surface area contributed by atoms with E-state index in [0.717, 1.165) is 18.0 Å². The number of rotatable bonds is 8. The minimum absolute atomic E-state index is 0.0679. The van der Waals surface area contributed by atoms with Crippen molar-refractivity contribution in [1.82, 2.24) is 4.90 Å². The predicted molar refractivity (Wildman–Crippen MR) is 86.6 cm³/mol. The molecule has 5 nitrogen and oxygen atoms in total. The van der Waals surface area contributed by atoms with Crippen molar-refractivity contribution < 1.29 is 9.53 Å². The molecule has 0 radical (unpaired) electrons. The minimum atomic E-state index is -0.121. The molecule has 1 aromatic carbocycles. The van der Waals surface area contributed by atoms with E-state index in [0.29, 0.717) is 13.0 Å². The molecule has 0 aromatic heterocycles. The summed E-state index contributed by atoms with van der Waals surface area (Å²) in [6.07, 6.45) is 0.323. The largest absolute Gasteiger partial charge is 0.492 e. The number of benzene rings is 1. The predicted octanol–water partition coefficient (Wildman–Crippen LogP) is 1.94. The van der Waals surface area contributed by atoms with Gasteiger partial charge in [-0.15, -0.1) is 0 Å². The Bertz CT molecular complexity index is 447. The molecule has 1 aromatic rings. The number of nitrogens with one attached hydrogen (secondary N) is 1. The molecule has 3 N–H and O–H groups in total. The van der Waals surface area contributed by atoms with Crippen LogP contribution < -0.4 is 15.8 Å². The zero-order valence-electron chi connectivity index (χ0n) is 13.4. The van der Waals surface area contributed by atoms with Crippen LogP contribution in [0.2, 0.25) is 0 Å². The number of likely N-dealkylation sites (N-methyl/N-ethyl adjacent to an activating group) is 1. The molecule has 21 heavy (non-hydrogen) atoms. The summed E-state index contributed by atoms with van der Waals surface area (Å²) in [6.45, 7) is 5.48. The molecule has 5 heteroatoms. The second-order valence-corrected chi connectivity index (χ2v) is 5.84. The molecule has 0 aliphatic rings. The van der Waals surface area contributed by atoms with Gasteiger partial charge < -0.3 is 20.7 Å². The fourth-order valence-electron chi connectivity index (χ4n) is 1.67. The first-order chi connectivity index (χ1) is 9.88. The lowest BCUT2D eigenvalue weighted by atomic mass is 10.0. The van der Waals surface area contributed by atoms with E-state index >= 15 is 0 Å². The zero-order valence-corrected chi connectivity index (χ0v) is 13.4. The quantitative estimate of drug-likeness (QED) is 0.768. The normalized spacial score (nSPS) is 12.5. The third kappa shape index (κ3) is 7.11. The third-order valence-corrected chi connectivity index (χ3v) is 3.20. The highest BCUT2D eigenvalue weighted by molar-refractivity contribution is 5.91. The average molecular weight is 293 g/mol.